The lowest BCUT2D eigenvalue weighted by molar-refractivity contribution is -0.143. The highest BCUT2D eigenvalue weighted by molar-refractivity contribution is 5.76. The van der Waals surface area contributed by atoms with Crippen molar-refractivity contribution >= 4 is 17.1 Å². The van der Waals surface area contributed by atoms with E-state index in [1.165, 1.54) is 39.7 Å². The van der Waals surface area contributed by atoms with Gasteiger partial charge in [-0.25, -0.2) is 18.7 Å². The van der Waals surface area contributed by atoms with Crippen molar-refractivity contribution in [1.29, 1.82) is 0 Å². The molecule has 0 aliphatic rings. The summed E-state index contributed by atoms with van der Waals surface area (Å²) in [5, 5.41) is 0. The van der Waals surface area contributed by atoms with Crippen LogP contribution in [0.1, 0.15) is 12.5 Å². The molecule has 0 radical (unpaired) electrons. The molecule has 0 aliphatic carbocycles. The smallest absolute Gasteiger partial charge is 0.337 e. The molecule has 2 aromatic carbocycles. The van der Waals surface area contributed by atoms with Gasteiger partial charge in [0.1, 0.15) is 18.1 Å². The minimum atomic E-state index is -0.642. The first-order valence-electron chi connectivity index (χ1n) is 10.2. The molecule has 0 spiro atoms. The number of ether oxygens (including phenoxy) is 2. The van der Waals surface area contributed by atoms with Crippen LogP contribution in [0, 0.1) is 5.82 Å². The second kappa shape index (κ2) is 9.11. The SMILES string of the molecule is CCOC(=O)Cn1cnc2c1c(=O)n(Cc1ccc(OC)cc1)c(=O)n2-c1ccc(F)cc1. The van der Waals surface area contributed by atoms with Crippen LogP contribution < -0.4 is 16.0 Å². The summed E-state index contributed by atoms with van der Waals surface area (Å²) in [5.41, 5.74) is -0.109. The zero-order valence-electron chi connectivity index (χ0n) is 18.0. The highest BCUT2D eigenvalue weighted by atomic mass is 19.1. The molecule has 4 rings (SSSR count). The maximum atomic E-state index is 13.5. The van der Waals surface area contributed by atoms with Gasteiger partial charge in [0.15, 0.2) is 11.2 Å². The van der Waals surface area contributed by atoms with Crippen LogP contribution >= 0.6 is 0 Å². The Kier molecular flexibility index (Phi) is 6.07. The number of hydrogen-bond acceptors (Lipinski definition) is 6. The molecule has 0 amide bonds. The summed E-state index contributed by atoms with van der Waals surface area (Å²) in [4.78, 5) is 43.1. The molecule has 0 saturated heterocycles. The van der Waals surface area contributed by atoms with E-state index in [0.717, 1.165) is 4.57 Å². The number of benzene rings is 2. The zero-order chi connectivity index (χ0) is 23.5. The number of aromatic nitrogens is 4. The van der Waals surface area contributed by atoms with Crippen molar-refractivity contribution in [3.05, 3.63) is 87.1 Å². The molecular formula is C23H21FN4O5. The van der Waals surface area contributed by atoms with E-state index >= 15 is 0 Å². The van der Waals surface area contributed by atoms with E-state index in [-0.39, 0.29) is 30.9 Å². The number of imidazole rings is 1. The maximum absolute atomic E-state index is 13.5. The van der Waals surface area contributed by atoms with Gasteiger partial charge in [-0.15, -0.1) is 0 Å². The van der Waals surface area contributed by atoms with Crippen molar-refractivity contribution in [1.82, 2.24) is 18.7 Å². The second-order valence-corrected chi connectivity index (χ2v) is 7.18. The Bertz CT molecular complexity index is 1420. The number of fused-ring (bicyclic) bond motifs is 1. The molecule has 0 aliphatic heterocycles. The fourth-order valence-corrected chi connectivity index (χ4v) is 3.52. The first-order valence-corrected chi connectivity index (χ1v) is 10.2. The predicted octanol–water partition coefficient (Wildman–Crippen LogP) is 2.11. The summed E-state index contributed by atoms with van der Waals surface area (Å²) in [7, 11) is 1.54. The third-order valence-electron chi connectivity index (χ3n) is 5.09. The van der Waals surface area contributed by atoms with E-state index in [2.05, 4.69) is 4.98 Å². The first kappa shape index (κ1) is 22.0. The fourth-order valence-electron chi connectivity index (χ4n) is 3.52. The standard InChI is InChI=1S/C23H21FN4O5/c1-3-33-19(29)13-26-14-25-21-20(26)22(30)27(12-15-4-10-18(32-2)11-5-15)23(31)28(21)17-8-6-16(24)7-9-17/h4-11,14H,3,12-13H2,1-2H3. The average molecular weight is 452 g/mol. The van der Waals surface area contributed by atoms with Gasteiger partial charge in [-0.3, -0.25) is 14.2 Å². The van der Waals surface area contributed by atoms with Crippen molar-refractivity contribution in [3.8, 4) is 11.4 Å². The Morgan fingerprint density at radius 1 is 1.06 bits per heavy atom. The quantitative estimate of drug-likeness (QED) is 0.399. The van der Waals surface area contributed by atoms with E-state index in [9.17, 15) is 18.8 Å². The van der Waals surface area contributed by atoms with Crippen molar-refractivity contribution < 1.29 is 18.7 Å². The van der Waals surface area contributed by atoms with Crippen LogP contribution in [0.25, 0.3) is 16.9 Å². The minimum absolute atomic E-state index is 0.0244. The molecule has 10 heteroatoms. The summed E-state index contributed by atoms with van der Waals surface area (Å²) >= 11 is 0. The lowest BCUT2D eigenvalue weighted by Crippen LogP contribution is -2.40. The van der Waals surface area contributed by atoms with Crippen molar-refractivity contribution in [2.24, 2.45) is 0 Å². The highest BCUT2D eigenvalue weighted by Crippen LogP contribution is 2.15. The van der Waals surface area contributed by atoms with Crippen molar-refractivity contribution in [3.63, 3.8) is 0 Å². The maximum Gasteiger partial charge on any atom is 0.337 e. The van der Waals surface area contributed by atoms with E-state index in [4.69, 9.17) is 9.47 Å². The number of carbonyl (C=O) groups excluding carboxylic acids is 1. The van der Waals surface area contributed by atoms with Crippen LogP contribution in [0.3, 0.4) is 0 Å². The molecular weight excluding hydrogens is 431 g/mol. The molecule has 0 unspecified atom stereocenters. The number of hydrogen-bond donors (Lipinski definition) is 0. The fraction of sp³-hybridized carbons (Fsp3) is 0.217. The van der Waals surface area contributed by atoms with Crippen LogP contribution in [0.2, 0.25) is 0 Å². The van der Waals surface area contributed by atoms with Gasteiger partial charge >= 0.3 is 11.7 Å². The monoisotopic (exact) mass is 452 g/mol. The number of rotatable bonds is 7. The van der Waals surface area contributed by atoms with Gasteiger partial charge in [-0.1, -0.05) is 12.1 Å². The molecule has 4 aromatic rings. The minimum Gasteiger partial charge on any atom is -0.497 e. The Hall–Kier alpha value is -4.21. The van der Waals surface area contributed by atoms with Crippen LogP contribution in [0.5, 0.6) is 5.75 Å². The Morgan fingerprint density at radius 2 is 1.76 bits per heavy atom. The molecule has 0 fully saturated rings. The van der Waals surface area contributed by atoms with Crippen molar-refractivity contribution in [2.45, 2.75) is 20.0 Å². The highest BCUT2D eigenvalue weighted by Gasteiger charge is 2.20. The third-order valence-corrected chi connectivity index (χ3v) is 5.09. The lowest BCUT2D eigenvalue weighted by Gasteiger charge is -2.13. The van der Waals surface area contributed by atoms with E-state index in [1.807, 2.05) is 0 Å². The predicted molar refractivity (Wildman–Crippen MR) is 118 cm³/mol. The normalized spacial score (nSPS) is 11.0. The molecule has 33 heavy (non-hydrogen) atoms. The van der Waals surface area contributed by atoms with Gasteiger partial charge in [0, 0.05) is 0 Å². The summed E-state index contributed by atoms with van der Waals surface area (Å²) < 4.78 is 27.3. The number of carbonyl (C=O) groups is 1. The van der Waals surface area contributed by atoms with Gasteiger partial charge in [0.2, 0.25) is 0 Å². The number of methoxy groups -OCH3 is 1. The Balaban J connectivity index is 1.93. The third kappa shape index (κ3) is 4.27. The molecule has 9 nitrogen and oxygen atoms in total. The number of halogens is 1. The lowest BCUT2D eigenvalue weighted by atomic mass is 10.2. The molecule has 0 bridgehead atoms. The second-order valence-electron chi connectivity index (χ2n) is 7.18. The van der Waals surface area contributed by atoms with Crippen LogP contribution in [-0.2, 0) is 22.6 Å². The molecule has 2 aromatic heterocycles. The molecule has 170 valence electrons. The molecule has 0 atom stereocenters. The van der Waals surface area contributed by atoms with Gasteiger partial charge in [0.25, 0.3) is 5.56 Å². The van der Waals surface area contributed by atoms with Gasteiger partial charge in [0.05, 0.1) is 32.3 Å². The van der Waals surface area contributed by atoms with Gasteiger partial charge < -0.3 is 14.0 Å². The summed E-state index contributed by atoms with van der Waals surface area (Å²) in [6.07, 6.45) is 1.31. The average Bonchev–Trinajstić information content (AvgIpc) is 3.21. The van der Waals surface area contributed by atoms with Crippen LogP contribution in [-0.4, -0.2) is 38.4 Å². The number of nitrogens with zero attached hydrogens (tertiary/aromatic N) is 4. The van der Waals surface area contributed by atoms with E-state index in [0.29, 0.717) is 17.0 Å². The zero-order valence-corrected chi connectivity index (χ0v) is 18.0. The van der Waals surface area contributed by atoms with Gasteiger partial charge in [-0.05, 0) is 48.9 Å². The first-order chi connectivity index (χ1) is 15.9. The summed E-state index contributed by atoms with van der Waals surface area (Å²) in [6, 6.07) is 12.2. The number of esters is 1. The topological polar surface area (TPSA) is 97.4 Å². The molecule has 0 saturated carbocycles. The summed E-state index contributed by atoms with van der Waals surface area (Å²) in [5.74, 6) is -0.377. The van der Waals surface area contributed by atoms with Crippen LogP contribution in [0.4, 0.5) is 4.39 Å². The Labute approximate surface area is 187 Å². The van der Waals surface area contributed by atoms with Crippen molar-refractivity contribution in [2.75, 3.05) is 13.7 Å². The van der Waals surface area contributed by atoms with Gasteiger partial charge in [-0.2, -0.15) is 0 Å². The van der Waals surface area contributed by atoms with E-state index < -0.39 is 23.0 Å². The summed E-state index contributed by atoms with van der Waals surface area (Å²) in [6.45, 7) is 1.60. The Morgan fingerprint density at radius 3 is 2.39 bits per heavy atom. The molecule has 2 heterocycles. The largest absolute Gasteiger partial charge is 0.497 e. The van der Waals surface area contributed by atoms with E-state index in [1.54, 1.807) is 38.3 Å². The molecule has 0 N–H and O–H groups in total. The van der Waals surface area contributed by atoms with Crippen LogP contribution in [0.15, 0.2) is 64.4 Å².